The second-order valence-corrected chi connectivity index (χ2v) is 8.03. The molecule has 8 heteroatoms. The number of aliphatic carboxylic acids is 1. The van der Waals surface area contributed by atoms with Crippen molar-refractivity contribution in [1.29, 1.82) is 0 Å². The molecular weight excluding hydrogens is 396 g/mol. The van der Waals surface area contributed by atoms with Crippen molar-refractivity contribution in [3.05, 3.63) is 46.8 Å². The van der Waals surface area contributed by atoms with Gasteiger partial charge in [0, 0.05) is 25.4 Å². The van der Waals surface area contributed by atoms with Gasteiger partial charge in [-0.15, -0.1) is 5.10 Å². The van der Waals surface area contributed by atoms with Gasteiger partial charge < -0.3 is 14.6 Å². The van der Waals surface area contributed by atoms with Crippen LogP contribution in [0.3, 0.4) is 0 Å². The number of rotatable bonds is 6. The molecule has 1 atom stereocenters. The molecule has 1 aliphatic carbocycles. The zero-order chi connectivity index (χ0) is 21.8. The van der Waals surface area contributed by atoms with E-state index in [1.54, 1.807) is 4.68 Å². The number of nitrogens with zero attached hydrogens (tertiary/aromatic N) is 4. The molecule has 2 aromatic rings. The van der Waals surface area contributed by atoms with Crippen molar-refractivity contribution in [2.75, 3.05) is 6.61 Å². The van der Waals surface area contributed by atoms with Crippen LogP contribution in [0.1, 0.15) is 55.5 Å². The Morgan fingerprint density at radius 3 is 2.94 bits per heavy atom. The molecule has 1 unspecified atom stereocenters. The summed E-state index contributed by atoms with van der Waals surface area (Å²) in [5.74, 6) is -0.909. The molecule has 31 heavy (non-hydrogen) atoms. The lowest BCUT2D eigenvalue weighted by molar-refractivity contribution is -0.169. The lowest BCUT2D eigenvalue weighted by Crippen LogP contribution is -2.22. The highest BCUT2D eigenvalue weighted by Gasteiger charge is 2.20. The molecule has 0 bridgehead atoms. The summed E-state index contributed by atoms with van der Waals surface area (Å²) in [5, 5.41) is 17.5. The van der Waals surface area contributed by atoms with Crippen molar-refractivity contribution >= 4 is 11.5 Å². The summed E-state index contributed by atoms with van der Waals surface area (Å²) in [6, 6.07) is 3.99. The molecule has 3 heterocycles. The fourth-order valence-corrected chi connectivity index (χ4v) is 4.12. The number of aromatic nitrogens is 4. The van der Waals surface area contributed by atoms with Crippen LogP contribution in [0.4, 0.5) is 0 Å². The first-order chi connectivity index (χ1) is 15.0. The summed E-state index contributed by atoms with van der Waals surface area (Å²) in [6.45, 7) is 3.07. The van der Waals surface area contributed by atoms with E-state index in [0.717, 1.165) is 78.9 Å². The summed E-state index contributed by atoms with van der Waals surface area (Å²) < 4.78 is 13.3. The topological polar surface area (TPSA) is 99.4 Å². The molecule has 8 nitrogen and oxygen atoms in total. The first-order valence-corrected chi connectivity index (χ1v) is 10.8. The zero-order valence-electron chi connectivity index (χ0n) is 18.0. The minimum absolute atomic E-state index is 0.181. The monoisotopic (exact) mass is 424 g/mol. The molecule has 1 N–H and O–H groups in total. The third-order valence-electron chi connectivity index (χ3n) is 5.74. The van der Waals surface area contributed by atoms with Crippen molar-refractivity contribution in [3.63, 3.8) is 0 Å². The van der Waals surface area contributed by atoms with E-state index in [1.807, 2.05) is 32.2 Å². The van der Waals surface area contributed by atoms with E-state index in [4.69, 9.17) is 19.6 Å². The summed E-state index contributed by atoms with van der Waals surface area (Å²) >= 11 is 0. The molecule has 2 aromatic heterocycles. The Hall–Kier alpha value is -2.84. The summed E-state index contributed by atoms with van der Waals surface area (Å²) in [4.78, 5) is 15.8. The normalized spacial score (nSPS) is 20.6. The van der Waals surface area contributed by atoms with Crippen LogP contribution in [-0.2, 0) is 27.9 Å². The van der Waals surface area contributed by atoms with Crippen LogP contribution in [0, 0.1) is 6.92 Å². The maximum Gasteiger partial charge on any atom is 0.328 e. The number of pyridine rings is 1. The van der Waals surface area contributed by atoms with Gasteiger partial charge in [-0.25, -0.2) is 9.48 Å². The van der Waals surface area contributed by atoms with E-state index in [0.29, 0.717) is 12.3 Å². The van der Waals surface area contributed by atoms with E-state index in [2.05, 4.69) is 10.3 Å². The van der Waals surface area contributed by atoms with Gasteiger partial charge >= 0.3 is 5.97 Å². The van der Waals surface area contributed by atoms with Crippen molar-refractivity contribution in [2.24, 2.45) is 7.05 Å². The molecule has 0 aromatic carbocycles. The van der Waals surface area contributed by atoms with Crippen LogP contribution in [0.2, 0.25) is 0 Å². The van der Waals surface area contributed by atoms with Crippen LogP contribution in [0.15, 0.2) is 29.9 Å². The number of hydrogen-bond donors (Lipinski definition) is 1. The third kappa shape index (κ3) is 5.08. The maximum absolute atomic E-state index is 11.0. The largest absolute Gasteiger partial charge is 0.478 e. The quantitative estimate of drug-likeness (QED) is 0.704. The van der Waals surface area contributed by atoms with Gasteiger partial charge in [0.2, 0.25) is 0 Å². The number of allylic oxidation sites excluding steroid dienone is 3. The van der Waals surface area contributed by atoms with E-state index in [-0.39, 0.29) is 6.29 Å². The van der Waals surface area contributed by atoms with Crippen molar-refractivity contribution in [2.45, 2.75) is 58.3 Å². The maximum atomic E-state index is 11.0. The smallest absolute Gasteiger partial charge is 0.328 e. The fraction of sp³-hybridized carbons (Fsp3) is 0.478. The van der Waals surface area contributed by atoms with Gasteiger partial charge in [-0.2, -0.15) is 0 Å². The lowest BCUT2D eigenvalue weighted by atomic mass is 9.89. The highest BCUT2D eigenvalue weighted by atomic mass is 16.7. The first kappa shape index (κ1) is 21.4. The number of aryl methyl sites for hydroxylation is 2. The number of carbonyl (C=O) groups is 1. The molecule has 2 aliphatic rings. The molecule has 0 saturated carbocycles. The average Bonchev–Trinajstić information content (AvgIpc) is 3.13. The molecule has 1 fully saturated rings. The van der Waals surface area contributed by atoms with E-state index < -0.39 is 5.97 Å². The van der Waals surface area contributed by atoms with Gasteiger partial charge in [0.15, 0.2) is 6.29 Å². The summed E-state index contributed by atoms with van der Waals surface area (Å²) in [5.41, 5.74) is 6.19. The number of hydrogen-bond acceptors (Lipinski definition) is 6. The van der Waals surface area contributed by atoms with Crippen LogP contribution in [0.5, 0.6) is 0 Å². The summed E-state index contributed by atoms with van der Waals surface area (Å²) in [6.07, 6.45) is 8.81. The predicted octanol–water partition coefficient (Wildman–Crippen LogP) is 3.81. The Morgan fingerprint density at radius 1 is 1.32 bits per heavy atom. The van der Waals surface area contributed by atoms with E-state index >= 15 is 0 Å². The van der Waals surface area contributed by atoms with Gasteiger partial charge in [-0.05, 0) is 68.2 Å². The number of ether oxygens (including phenoxy) is 2. The molecule has 0 radical (unpaired) electrons. The highest BCUT2D eigenvalue weighted by Crippen LogP contribution is 2.32. The van der Waals surface area contributed by atoms with Crippen molar-refractivity contribution in [1.82, 2.24) is 20.0 Å². The van der Waals surface area contributed by atoms with Crippen molar-refractivity contribution in [3.8, 4) is 11.4 Å². The van der Waals surface area contributed by atoms with Crippen LogP contribution in [0.25, 0.3) is 17.0 Å². The lowest BCUT2D eigenvalue weighted by Gasteiger charge is -2.22. The molecule has 0 spiro atoms. The van der Waals surface area contributed by atoms with Gasteiger partial charge in [-0.1, -0.05) is 17.4 Å². The Balaban J connectivity index is 1.56. The second-order valence-electron chi connectivity index (χ2n) is 8.03. The Bertz CT molecular complexity index is 1020. The predicted molar refractivity (Wildman–Crippen MR) is 115 cm³/mol. The molecule has 1 saturated heterocycles. The zero-order valence-corrected chi connectivity index (χ0v) is 18.0. The van der Waals surface area contributed by atoms with Gasteiger partial charge in [-0.3, -0.25) is 4.98 Å². The van der Waals surface area contributed by atoms with Gasteiger partial charge in [0.05, 0.1) is 18.0 Å². The first-order valence-electron chi connectivity index (χ1n) is 10.8. The standard InChI is InChI=1S/C23H28N4O4/c1-15-18(17-7-5-6-16(12-17)13-21(28)29)9-10-19(24-15)23-20(27(2)26-25-23)14-31-22-8-3-4-11-30-22/h9-10,12-13,22H,3-8,11,14H2,1-2H3,(H,28,29)/b16-13-. The fourth-order valence-electron chi connectivity index (χ4n) is 4.12. The average molecular weight is 425 g/mol. The van der Waals surface area contributed by atoms with Crippen molar-refractivity contribution < 1.29 is 19.4 Å². The Labute approximate surface area is 181 Å². The van der Waals surface area contributed by atoms with Crippen LogP contribution < -0.4 is 0 Å². The Morgan fingerprint density at radius 2 is 2.19 bits per heavy atom. The van der Waals surface area contributed by atoms with Crippen LogP contribution >= 0.6 is 0 Å². The van der Waals surface area contributed by atoms with E-state index in [9.17, 15) is 4.79 Å². The van der Waals surface area contributed by atoms with E-state index in [1.165, 1.54) is 6.08 Å². The molecule has 164 valence electrons. The second kappa shape index (κ2) is 9.53. The molecule has 1 aliphatic heterocycles. The number of carboxylic acid groups (broad SMARTS) is 1. The van der Waals surface area contributed by atoms with Crippen LogP contribution in [-0.4, -0.2) is 44.0 Å². The SMILES string of the molecule is Cc1nc(-c2nnn(C)c2COC2CCCCO2)ccc1C1=C/C(=C\C(=O)O)CCC1. The molecule has 0 amide bonds. The minimum Gasteiger partial charge on any atom is -0.478 e. The minimum atomic E-state index is -0.909. The highest BCUT2D eigenvalue weighted by molar-refractivity contribution is 5.83. The summed E-state index contributed by atoms with van der Waals surface area (Å²) in [7, 11) is 1.85. The third-order valence-corrected chi connectivity index (χ3v) is 5.74. The Kier molecular flexibility index (Phi) is 6.58. The number of carboxylic acids is 1. The van der Waals surface area contributed by atoms with Gasteiger partial charge in [0.25, 0.3) is 0 Å². The molecule has 4 rings (SSSR count). The molecular formula is C23H28N4O4. The van der Waals surface area contributed by atoms with Gasteiger partial charge in [0.1, 0.15) is 5.69 Å².